The van der Waals surface area contributed by atoms with Gasteiger partial charge in [-0.05, 0) is 50.8 Å². The average molecular weight is 460 g/mol. The van der Waals surface area contributed by atoms with Crippen molar-refractivity contribution < 1.29 is 4.79 Å². The number of fused-ring (bicyclic) bond motifs is 1. The minimum Gasteiger partial charge on any atom is -0.404 e. The van der Waals surface area contributed by atoms with E-state index in [0.717, 1.165) is 54.0 Å². The van der Waals surface area contributed by atoms with Crippen LogP contribution in [0.25, 0.3) is 5.57 Å². The van der Waals surface area contributed by atoms with E-state index in [-0.39, 0.29) is 11.9 Å². The Hall–Kier alpha value is -3.42. The van der Waals surface area contributed by atoms with Gasteiger partial charge in [0.05, 0.1) is 0 Å². The van der Waals surface area contributed by atoms with Crippen molar-refractivity contribution >= 4 is 35.1 Å². The highest BCUT2D eigenvalue weighted by Crippen LogP contribution is 2.46. The zero-order valence-corrected chi connectivity index (χ0v) is 19.9. The van der Waals surface area contributed by atoms with Crippen LogP contribution in [0.4, 0.5) is 17.5 Å². The van der Waals surface area contributed by atoms with Crippen molar-refractivity contribution in [1.82, 2.24) is 15.3 Å². The number of anilines is 3. The highest BCUT2D eigenvalue weighted by Gasteiger charge is 2.55. The fraction of sp³-hybridized carbons (Fsp3) is 0.462. The van der Waals surface area contributed by atoms with Crippen molar-refractivity contribution in [3.05, 3.63) is 47.8 Å². The van der Waals surface area contributed by atoms with E-state index >= 15 is 0 Å². The number of nitrogens with one attached hydrogen (secondary N) is 2. The average Bonchev–Trinajstić information content (AvgIpc) is 3.55. The summed E-state index contributed by atoms with van der Waals surface area (Å²) in [6.07, 6.45) is 11.4. The quantitative estimate of drug-likeness (QED) is 0.570. The molecule has 3 heterocycles. The fourth-order valence-corrected chi connectivity index (χ4v) is 5.46. The number of aromatic nitrogens is 2. The molecule has 2 aromatic rings. The van der Waals surface area contributed by atoms with Gasteiger partial charge in [0.1, 0.15) is 11.4 Å². The van der Waals surface area contributed by atoms with Gasteiger partial charge in [-0.1, -0.05) is 25.0 Å². The van der Waals surface area contributed by atoms with Crippen LogP contribution in [0.2, 0.25) is 0 Å². The molecule has 8 heteroatoms. The molecule has 5 rings (SSSR count). The smallest absolute Gasteiger partial charge is 0.246 e. The lowest BCUT2D eigenvalue weighted by molar-refractivity contribution is -0.123. The molecule has 34 heavy (non-hydrogen) atoms. The van der Waals surface area contributed by atoms with E-state index in [1.54, 1.807) is 6.20 Å². The fourth-order valence-electron chi connectivity index (χ4n) is 5.46. The van der Waals surface area contributed by atoms with Crippen LogP contribution in [0, 0.1) is 0 Å². The van der Waals surface area contributed by atoms with Crippen molar-refractivity contribution in [3.8, 4) is 0 Å². The zero-order valence-electron chi connectivity index (χ0n) is 19.9. The summed E-state index contributed by atoms with van der Waals surface area (Å²) in [5.74, 6) is 1.59. The van der Waals surface area contributed by atoms with Crippen molar-refractivity contribution in [2.24, 2.45) is 10.7 Å². The zero-order chi connectivity index (χ0) is 23.7. The minimum absolute atomic E-state index is 0.132. The molecule has 1 amide bonds. The van der Waals surface area contributed by atoms with Crippen LogP contribution < -0.4 is 21.3 Å². The standard InChI is InChI=1S/C26H33N7O/c1-17(2)29-16-20(14-27)18-7-9-21(10-8-18)31-25-30-15-19-13-26(11-12-28-24(26)34)33(23(19)32-25)22-5-3-4-6-22/h7-10,14-17,22H,3-6,11-13,27H2,1-2H3,(H,28,34)(H,30,31,32)/b20-14+,29-16?. The number of benzene rings is 1. The molecule has 1 aliphatic carbocycles. The lowest BCUT2D eigenvalue weighted by atomic mass is 9.91. The Kier molecular flexibility index (Phi) is 5.98. The lowest BCUT2D eigenvalue weighted by Crippen LogP contribution is -2.56. The first-order valence-corrected chi connectivity index (χ1v) is 12.3. The summed E-state index contributed by atoms with van der Waals surface area (Å²) in [4.78, 5) is 29.2. The van der Waals surface area contributed by atoms with Crippen LogP contribution in [0.15, 0.2) is 41.7 Å². The summed E-state index contributed by atoms with van der Waals surface area (Å²) in [6, 6.07) is 8.55. The Morgan fingerprint density at radius 3 is 2.71 bits per heavy atom. The Labute approximate surface area is 200 Å². The maximum atomic E-state index is 13.0. The Balaban J connectivity index is 1.39. The monoisotopic (exact) mass is 459 g/mol. The van der Waals surface area contributed by atoms with E-state index in [0.29, 0.717) is 18.4 Å². The van der Waals surface area contributed by atoms with Crippen LogP contribution >= 0.6 is 0 Å². The number of rotatable bonds is 6. The highest BCUT2D eigenvalue weighted by molar-refractivity contribution is 6.09. The van der Waals surface area contributed by atoms with E-state index in [1.807, 2.05) is 50.5 Å². The van der Waals surface area contributed by atoms with Crippen molar-refractivity contribution in [3.63, 3.8) is 0 Å². The van der Waals surface area contributed by atoms with E-state index in [9.17, 15) is 4.79 Å². The minimum atomic E-state index is -0.505. The van der Waals surface area contributed by atoms with Crippen LogP contribution in [-0.2, 0) is 11.2 Å². The van der Waals surface area contributed by atoms with E-state index in [1.165, 1.54) is 12.8 Å². The number of aliphatic imine (C=N–C) groups is 1. The van der Waals surface area contributed by atoms with Gasteiger partial charge >= 0.3 is 0 Å². The number of allylic oxidation sites excluding steroid dienone is 1. The van der Waals surface area contributed by atoms with Gasteiger partial charge < -0.3 is 21.3 Å². The van der Waals surface area contributed by atoms with Crippen LogP contribution in [0.3, 0.4) is 0 Å². The molecule has 2 aliphatic heterocycles. The van der Waals surface area contributed by atoms with Crippen LogP contribution in [0.1, 0.15) is 57.1 Å². The molecule has 0 radical (unpaired) electrons. The van der Waals surface area contributed by atoms with Gasteiger partial charge in [0.25, 0.3) is 0 Å². The number of carbonyl (C=O) groups is 1. The third kappa shape index (κ3) is 4.02. The van der Waals surface area contributed by atoms with Crippen molar-refractivity contribution in [1.29, 1.82) is 0 Å². The van der Waals surface area contributed by atoms with E-state index in [4.69, 9.17) is 10.7 Å². The first kappa shape index (κ1) is 22.4. The second-order valence-electron chi connectivity index (χ2n) is 9.76. The third-order valence-electron chi connectivity index (χ3n) is 7.12. The molecule has 1 saturated carbocycles. The first-order chi connectivity index (χ1) is 16.5. The van der Waals surface area contributed by atoms with Crippen molar-refractivity contribution in [2.45, 2.75) is 70.0 Å². The molecule has 1 aromatic heterocycles. The van der Waals surface area contributed by atoms with Gasteiger partial charge in [-0.25, -0.2) is 4.98 Å². The Morgan fingerprint density at radius 1 is 1.29 bits per heavy atom. The molecule has 1 unspecified atom stereocenters. The van der Waals surface area contributed by atoms with E-state index < -0.39 is 5.54 Å². The number of hydrogen-bond acceptors (Lipinski definition) is 7. The molecule has 8 nitrogen and oxygen atoms in total. The summed E-state index contributed by atoms with van der Waals surface area (Å²) >= 11 is 0. The maximum Gasteiger partial charge on any atom is 0.246 e. The summed E-state index contributed by atoms with van der Waals surface area (Å²) in [5.41, 5.74) is 9.12. The Bertz CT molecular complexity index is 1120. The summed E-state index contributed by atoms with van der Waals surface area (Å²) in [7, 11) is 0. The molecule has 2 fully saturated rings. The second kappa shape index (κ2) is 9.08. The lowest BCUT2D eigenvalue weighted by Gasteiger charge is -2.38. The van der Waals surface area contributed by atoms with Gasteiger partial charge in [-0.3, -0.25) is 9.79 Å². The SMILES string of the molecule is CC(C)N=C/C(=C\N)c1ccc(Nc2ncc3c(n2)N(C2CCCC2)C2(CCNC2=O)C3)cc1. The molecule has 1 aromatic carbocycles. The summed E-state index contributed by atoms with van der Waals surface area (Å²) in [6.45, 7) is 4.79. The van der Waals surface area contributed by atoms with Crippen LogP contribution in [0.5, 0.6) is 0 Å². The molecule has 1 saturated heterocycles. The highest BCUT2D eigenvalue weighted by atomic mass is 16.2. The molecular formula is C26H33N7O. The molecule has 1 atom stereocenters. The third-order valence-corrected chi connectivity index (χ3v) is 7.12. The topological polar surface area (TPSA) is 109 Å². The normalized spacial score (nSPS) is 22.9. The van der Waals surface area contributed by atoms with Gasteiger partial charge in [-0.15, -0.1) is 0 Å². The molecule has 0 bridgehead atoms. The van der Waals surface area contributed by atoms with Crippen molar-refractivity contribution in [2.75, 3.05) is 16.8 Å². The maximum absolute atomic E-state index is 13.0. The number of nitrogens with two attached hydrogens (primary N) is 1. The van der Waals surface area contributed by atoms with Crippen LogP contribution in [-0.4, -0.2) is 46.3 Å². The van der Waals surface area contributed by atoms with Gasteiger partial charge in [0.2, 0.25) is 11.9 Å². The summed E-state index contributed by atoms with van der Waals surface area (Å²) in [5, 5.41) is 6.40. The van der Waals surface area contributed by atoms with Gasteiger partial charge in [0.15, 0.2) is 0 Å². The molecule has 4 N–H and O–H groups in total. The van der Waals surface area contributed by atoms with Gasteiger partial charge in [-0.2, -0.15) is 4.98 Å². The number of hydrogen-bond donors (Lipinski definition) is 3. The number of nitrogens with zero attached hydrogens (tertiary/aromatic N) is 4. The number of amides is 1. The summed E-state index contributed by atoms with van der Waals surface area (Å²) < 4.78 is 0. The molecule has 3 aliphatic rings. The van der Waals surface area contributed by atoms with E-state index in [2.05, 4.69) is 25.5 Å². The van der Waals surface area contributed by atoms with Gasteiger partial charge in [0, 0.05) is 60.5 Å². The molecule has 1 spiro atoms. The molecular weight excluding hydrogens is 426 g/mol. The molecule has 178 valence electrons. The first-order valence-electron chi connectivity index (χ1n) is 12.3. The predicted octanol–water partition coefficient (Wildman–Crippen LogP) is 3.56. The largest absolute Gasteiger partial charge is 0.404 e. The Morgan fingerprint density at radius 2 is 2.06 bits per heavy atom. The predicted molar refractivity (Wildman–Crippen MR) is 136 cm³/mol. The second-order valence-corrected chi connectivity index (χ2v) is 9.76. The number of carbonyl (C=O) groups excluding carboxylic acids is 1.